The Morgan fingerprint density at radius 2 is 1.74 bits per heavy atom. The van der Waals surface area contributed by atoms with Crippen molar-refractivity contribution in [2.75, 3.05) is 27.7 Å². The summed E-state index contributed by atoms with van der Waals surface area (Å²) in [6, 6.07) is 19.2. The Labute approximate surface area is 185 Å². The highest BCUT2D eigenvalue weighted by Crippen LogP contribution is 2.21. The van der Waals surface area contributed by atoms with Gasteiger partial charge in [0.25, 0.3) is 0 Å². The summed E-state index contributed by atoms with van der Waals surface area (Å²) in [7, 11) is 5.99. The fourth-order valence-electron chi connectivity index (χ4n) is 2.62. The quantitative estimate of drug-likeness (QED) is 0.248. The van der Waals surface area contributed by atoms with Gasteiger partial charge in [0.15, 0.2) is 5.96 Å². The van der Waals surface area contributed by atoms with E-state index in [1.807, 2.05) is 24.9 Å². The van der Waals surface area contributed by atoms with E-state index in [0.717, 1.165) is 25.6 Å². The first kappa shape index (κ1) is 23.8. The van der Waals surface area contributed by atoms with E-state index in [4.69, 9.17) is 0 Å². The van der Waals surface area contributed by atoms with Crippen molar-refractivity contribution in [3.63, 3.8) is 0 Å². The van der Waals surface area contributed by atoms with E-state index in [0.29, 0.717) is 5.25 Å². The maximum Gasteiger partial charge on any atom is 0.191 e. The third-order valence-corrected chi connectivity index (χ3v) is 4.92. The number of guanidine groups is 1. The molecule has 2 rings (SSSR count). The lowest BCUT2D eigenvalue weighted by Crippen LogP contribution is -2.39. The predicted molar refractivity (Wildman–Crippen MR) is 129 cm³/mol. The van der Waals surface area contributed by atoms with Crippen LogP contribution in [0.25, 0.3) is 0 Å². The monoisotopic (exact) mass is 498 g/mol. The summed E-state index contributed by atoms with van der Waals surface area (Å²) in [5.74, 6) is 0.837. The minimum atomic E-state index is 0. The lowest BCUT2D eigenvalue weighted by Gasteiger charge is -2.16. The van der Waals surface area contributed by atoms with E-state index in [1.165, 1.54) is 16.0 Å². The van der Waals surface area contributed by atoms with E-state index in [1.54, 1.807) is 0 Å². The molecule has 0 aliphatic rings. The largest absolute Gasteiger partial charge is 0.355 e. The molecule has 0 aliphatic carbocycles. The van der Waals surface area contributed by atoms with Gasteiger partial charge in [0, 0.05) is 36.8 Å². The Balaban J connectivity index is 0.00000364. The fourth-order valence-corrected chi connectivity index (χ4v) is 3.57. The second-order valence-corrected chi connectivity index (χ2v) is 8.12. The van der Waals surface area contributed by atoms with Crippen LogP contribution in [-0.2, 0) is 13.1 Å². The Bertz CT molecular complexity index is 692. The molecule has 0 radical (unpaired) electrons. The van der Waals surface area contributed by atoms with E-state index < -0.39 is 0 Å². The lowest BCUT2D eigenvalue weighted by molar-refractivity contribution is 0.402. The van der Waals surface area contributed by atoms with E-state index >= 15 is 0 Å². The topological polar surface area (TPSA) is 39.7 Å². The zero-order valence-corrected chi connectivity index (χ0v) is 19.8. The molecule has 0 aromatic heterocycles. The van der Waals surface area contributed by atoms with Crippen LogP contribution in [0.4, 0.5) is 0 Å². The van der Waals surface area contributed by atoms with Gasteiger partial charge in [-0.3, -0.25) is 4.99 Å². The fraction of sp³-hybridized carbons (Fsp3) is 0.381. The van der Waals surface area contributed by atoms with Crippen LogP contribution in [0, 0.1) is 0 Å². The molecule has 4 nitrogen and oxygen atoms in total. The van der Waals surface area contributed by atoms with Crippen LogP contribution in [0.15, 0.2) is 64.5 Å². The molecule has 0 heterocycles. The molecule has 148 valence electrons. The van der Waals surface area contributed by atoms with Crippen molar-refractivity contribution < 1.29 is 0 Å². The summed E-state index contributed by atoms with van der Waals surface area (Å²) in [5.41, 5.74) is 2.59. The molecule has 0 amide bonds. The first-order chi connectivity index (χ1) is 12.6. The van der Waals surface area contributed by atoms with Gasteiger partial charge in [0.2, 0.25) is 0 Å². The van der Waals surface area contributed by atoms with E-state index in [9.17, 15) is 0 Å². The van der Waals surface area contributed by atoms with Crippen LogP contribution >= 0.6 is 35.7 Å². The molecule has 2 aromatic rings. The summed E-state index contributed by atoms with van der Waals surface area (Å²) in [6.07, 6.45) is 0. The van der Waals surface area contributed by atoms with Gasteiger partial charge in [-0.25, -0.2) is 0 Å². The minimum Gasteiger partial charge on any atom is -0.355 e. The summed E-state index contributed by atoms with van der Waals surface area (Å²) in [5, 5.41) is 7.28. The van der Waals surface area contributed by atoms with Crippen LogP contribution in [-0.4, -0.2) is 43.8 Å². The van der Waals surface area contributed by atoms with Crippen molar-refractivity contribution in [1.82, 2.24) is 15.5 Å². The minimum absolute atomic E-state index is 0. The van der Waals surface area contributed by atoms with Crippen LogP contribution in [0.1, 0.15) is 18.1 Å². The average Bonchev–Trinajstić information content (AvgIpc) is 2.62. The lowest BCUT2D eigenvalue weighted by atomic mass is 10.1. The molecule has 0 aliphatic heterocycles. The zero-order valence-electron chi connectivity index (χ0n) is 16.6. The van der Waals surface area contributed by atoms with Crippen molar-refractivity contribution in [3.05, 3.63) is 65.7 Å². The molecule has 0 saturated heterocycles. The number of thioether (sulfide) groups is 1. The number of hydrogen-bond donors (Lipinski definition) is 2. The molecule has 0 saturated carbocycles. The Kier molecular flexibility index (Phi) is 11.5. The van der Waals surface area contributed by atoms with Crippen molar-refractivity contribution in [2.24, 2.45) is 4.99 Å². The molecular formula is C21H31IN4S. The normalized spacial score (nSPS) is 12.4. The van der Waals surface area contributed by atoms with Gasteiger partial charge in [-0.2, -0.15) is 0 Å². The van der Waals surface area contributed by atoms with Crippen molar-refractivity contribution in [3.8, 4) is 0 Å². The van der Waals surface area contributed by atoms with Crippen molar-refractivity contribution in [1.29, 1.82) is 0 Å². The molecule has 0 bridgehead atoms. The number of aliphatic imine (C=N–C) groups is 1. The third kappa shape index (κ3) is 9.48. The van der Waals surface area contributed by atoms with Crippen LogP contribution < -0.4 is 10.6 Å². The SMILES string of the molecule is CN=C(NCc1cccc(CN(C)C)c1)NCC(C)Sc1ccccc1.I. The molecule has 2 N–H and O–H groups in total. The molecular weight excluding hydrogens is 467 g/mol. The first-order valence-electron chi connectivity index (χ1n) is 8.95. The van der Waals surface area contributed by atoms with Gasteiger partial charge >= 0.3 is 0 Å². The highest BCUT2D eigenvalue weighted by Gasteiger charge is 2.06. The van der Waals surface area contributed by atoms with Crippen LogP contribution in [0.3, 0.4) is 0 Å². The van der Waals surface area contributed by atoms with Gasteiger partial charge in [0.1, 0.15) is 0 Å². The Morgan fingerprint density at radius 1 is 1.04 bits per heavy atom. The van der Waals surface area contributed by atoms with Crippen LogP contribution in [0.2, 0.25) is 0 Å². The smallest absolute Gasteiger partial charge is 0.191 e. The molecule has 27 heavy (non-hydrogen) atoms. The average molecular weight is 498 g/mol. The standard InChI is InChI=1S/C21H30N4S.HI/c1-17(26-20-11-6-5-7-12-20)14-23-21(22-2)24-15-18-9-8-10-19(13-18)16-25(3)4;/h5-13,17H,14-16H2,1-4H3,(H2,22,23,24);1H. The van der Waals surface area contributed by atoms with Gasteiger partial charge in [-0.1, -0.05) is 49.4 Å². The van der Waals surface area contributed by atoms with Gasteiger partial charge in [-0.15, -0.1) is 35.7 Å². The first-order valence-corrected chi connectivity index (χ1v) is 9.83. The van der Waals surface area contributed by atoms with Crippen LogP contribution in [0.5, 0.6) is 0 Å². The summed E-state index contributed by atoms with van der Waals surface area (Å²) < 4.78 is 0. The highest BCUT2D eigenvalue weighted by atomic mass is 127. The molecule has 1 atom stereocenters. The number of hydrogen-bond acceptors (Lipinski definition) is 3. The summed E-state index contributed by atoms with van der Waals surface area (Å²) in [4.78, 5) is 7.80. The van der Waals surface area contributed by atoms with E-state index in [2.05, 4.69) is 90.1 Å². The number of nitrogens with zero attached hydrogens (tertiary/aromatic N) is 2. The van der Waals surface area contributed by atoms with Gasteiger partial charge in [0.05, 0.1) is 0 Å². The number of rotatable bonds is 8. The maximum absolute atomic E-state index is 4.33. The Hall–Kier alpha value is -1.25. The maximum atomic E-state index is 4.33. The van der Waals surface area contributed by atoms with Crippen molar-refractivity contribution >= 4 is 41.7 Å². The van der Waals surface area contributed by atoms with Gasteiger partial charge < -0.3 is 15.5 Å². The third-order valence-electron chi connectivity index (χ3n) is 3.81. The number of halogens is 1. The second-order valence-electron chi connectivity index (χ2n) is 6.61. The van der Waals surface area contributed by atoms with Gasteiger partial charge in [-0.05, 0) is 37.4 Å². The van der Waals surface area contributed by atoms with Crippen molar-refractivity contribution in [2.45, 2.75) is 30.2 Å². The Morgan fingerprint density at radius 3 is 2.41 bits per heavy atom. The second kappa shape index (κ2) is 13.0. The zero-order chi connectivity index (χ0) is 18.8. The highest BCUT2D eigenvalue weighted by molar-refractivity contribution is 14.0. The molecule has 0 spiro atoms. The summed E-state index contributed by atoms with van der Waals surface area (Å²) >= 11 is 1.87. The molecule has 2 aromatic carbocycles. The molecule has 6 heteroatoms. The number of benzene rings is 2. The van der Waals surface area contributed by atoms with E-state index in [-0.39, 0.29) is 24.0 Å². The summed E-state index contributed by atoms with van der Waals surface area (Å²) in [6.45, 7) is 4.80. The predicted octanol–water partition coefficient (Wildman–Crippen LogP) is 4.21. The molecule has 0 fully saturated rings. The number of nitrogens with one attached hydrogen (secondary N) is 2. The molecule has 1 unspecified atom stereocenters.